The quantitative estimate of drug-likeness (QED) is 0.748. The van der Waals surface area contributed by atoms with Crippen LogP contribution in [-0.2, 0) is 4.74 Å². The van der Waals surface area contributed by atoms with Crippen LogP contribution in [0, 0.1) is 6.92 Å². The van der Waals surface area contributed by atoms with E-state index in [0.717, 1.165) is 38.7 Å². The van der Waals surface area contributed by atoms with Gasteiger partial charge < -0.3 is 10.1 Å². The zero-order valence-corrected chi connectivity index (χ0v) is 14.2. The summed E-state index contributed by atoms with van der Waals surface area (Å²) in [5, 5.41) is 19.1. The second-order valence-electron chi connectivity index (χ2n) is 5.74. The van der Waals surface area contributed by atoms with Crippen molar-refractivity contribution in [1.82, 2.24) is 30.2 Å². The van der Waals surface area contributed by atoms with Crippen molar-refractivity contribution in [3.05, 3.63) is 34.0 Å². The Balaban J connectivity index is 1.52. The second kappa shape index (κ2) is 6.80. The lowest BCUT2D eigenvalue weighted by atomic mass is 10.2. The molecule has 126 valence electrons. The first kappa shape index (κ1) is 15.4. The van der Waals surface area contributed by atoms with Crippen LogP contribution in [0.5, 0.6) is 0 Å². The summed E-state index contributed by atoms with van der Waals surface area (Å²) in [5.74, 6) is 0.765. The highest BCUT2D eigenvalue weighted by Crippen LogP contribution is 2.28. The van der Waals surface area contributed by atoms with Gasteiger partial charge in [-0.15, -0.1) is 26.2 Å². The zero-order valence-electron chi connectivity index (χ0n) is 13.4. The number of aryl methyl sites for hydroxylation is 1. The summed E-state index contributed by atoms with van der Waals surface area (Å²) in [7, 11) is 0. The molecule has 0 saturated carbocycles. The minimum absolute atomic E-state index is 0.305. The number of hydrogen-bond acceptors (Lipinski definition) is 8. The van der Waals surface area contributed by atoms with E-state index in [-0.39, 0.29) is 0 Å². The first-order valence-corrected chi connectivity index (χ1v) is 8.79. The topological polar surface area (TPSA) is 80.5 Å². The number of rotatable bonds is 5. The Kier molecular flexibility index (Phi) is 4.37. The van der Waals surface area contributed by atoms with E-state index < -0.39 is 0 Å². The van der Waals surface area contributed by atoms with Crippen LogP contribution in [0.4, 0.5) is 5.82 Å². The summed E-state index contributed by atoms with van der Waals surface area (Å²) < 4.78 is 6.93. The Bertz CT molecular complexity index is 811. The molecule has 0 amide bonds. The number of tetrazole rings is 1. The molecule has 1 unspecified atom stereocenters. The average Bonchev–Trinajstić information content (AvgIpc) is 3.24. The summed E-state index contributed by atoms with van der Waals surface area (Å²) in [5.41, 5.74) is 0.638. The van der Waals surface area contributed by atoms with Crippen molar-refractivity contribution >= 4 is 22.8 Å². The largest absolute Gasteiger partial charge is 0.379 e. The van der Waals surface area contributed by atoms with E-state index >= 15 is 0 Å². The molecule has 3 aromatic rings. The van der Waals surface area contributed by atoms with Crippen LogP contribution >= 0.6 is 11.3 Å². The highest BCUT2D eigenvalue weighted by Gasteiger charge is 2.23. The predicted octanol–water partition coefficient (Wildman–Crippen LogP) is 1.37. The molecule has 0 aromatic carbocycles. The molecule has 1 N–H and O–H groups in total. The normalized spacial score (nSPS) is 17.2. The van der Waals surface area contributed by atoms with Crippen molar-refractivity contribution in [3.8, 4) is 0 Å². The van der Waals surface area contributed by atoms with E-state index in [2.05, 4.69) is 49.9 Å². The highest BCUT2D eigenvalue weighted by atomic mass is 32.1. The molecule has 1 aliphatic heterocycles. The Morgan fingerprint density at radius 3 is 2.92 bits per heavy atom. The summed E-state index contributed by atoms with van der Waals surface area (Å²) in [4.78, 5) is 5.17. The van der Waals surface area contributed by atoms with Gasteiger partial charge in [-0.3, -0.25) is 4.90 Å². The number of morpholine rings is 1. The van der Waals surface area contributed by atoms with Gasteiger partial charge >= 0.3 is 0 Å². The van der Waals surface area contributed by atoms with Gasteiger partial charge in [-0.05, 0) is 41.6 Å². The highest BCUT2D eigenvalue weighted by molar-refractivity contribution is 7.12. The SMILES string of the molecule is Cc1ccc(C(CNc2ccc3nnnn3n2)N2CCOCC2)s1. The number of ether oxygens (including phenoxy) is 1. The van der Waals surface area contributed by atoms with E-state index in [9.17, 15) is 0 Å². The maximum absolute atomic E-state index is 5.50. The molecule has 3 aromatic heterocycles. The maximum Gasteiger partial charge on any atom is 0.200 e. The standard InChI is InChI=1S/C15H19N7OS/c1-11-2-3-13(24-11)12(21-6-8-23-9-7-21)10-16-14-4-5-15-17-19-20-22(15)18-14/h2-5,12H,6-10H2,1H3,(H,16,18). The first-order chi connectivity index (χ1) is 11.8. The van der Waals surface area contributed by atoms with Gasteiger partial charge in [-0.2, -0.15) is 0 Å². The van der Waals surface area contributed by atoms with Gasteiger partial charge in [0.05, 0.1) is 19.3 Å². The Morgan fingerprint density at radius 2 is 2.12 bits per heavy atom. The van der Waals surface area contributed by atoms with Crippen LogP contribution in [0.2, 0.25) is 0 Å². The van der Waals surface area contributed by atoms with Gasteiger partial charge in [-0.1, -0.05) is 0 Å². The maximum atomic E-state index is 5.50. The zero-order chi connectivity index (χ0) is 16.4. The number of nitrogens with one attached hydrogen (secondary N) is 1. The molecule has 0 bridgehead atoms. The minimum Gasteiger partial charge on any atom is -0.379 e. The Morgan fingerprint density at radius 1 is 1.25 bits per heavy atom. The Labute approximate surface area is 143 Å². The molecule has 4 rings (SSSR count). The number of hydrogen-bond donors (Lipinski definition) is 1. The van der Waals surface area contributed by atoms with Crippen LogP contribution in [-0.4, -0.2) is 63.0 Å². The molecule has 4 heterocycles. The fraction of sp³-hybridized carbons (Fsp3) is 0.467. The van der Waals surface area contributed by atoms with Gasteiger partial charge in [0.1, 0.15) is 5.82 Å². The van der Waals surface area contributed by atoms with E-state index in [1.807, 2.05) is 23.5 Å². The molecule has 0 radical (unpaired) electrons. The van der Waals surface area contributed by atoms with Crippen molar-refractivity contribution in [2.24, 2.45) is 0 Å². The lowest BCUT2D eigenvalue weighted by Gasteiger charge is -2.34. The fourth-order valence-electron chi connectivity index (χ4n) is 2.88. The molecule has 8 nitrogen and oxygen atoms in total. The van der Waals surface area contributed by atoms with Crippen molar-refractivity contribution in [3.63, 3.8) is 0 Å². The van der Waals surface area contributed by atoms with Crippen molar-refractivity contribution in [2.45, 2.75) is 13.0 Å². The van der Waals surface area contributed by atoms with E-state index in [4.69, 9.17) is 4.74 Å². The molecular weight excluding hydrogens is 326 g/mol. The molecule has 0 aliphatic carbocycles. The molecule has 9 heteroatoms. The lowest BCUT2D eigenvalue weighted by molar-refractivity contribution is 0.0194. The third kappa shape index (κ3) is 3.23. The fourth-order valence-corrected chi connectivity index (χ4v) is 3.89. The van der Waals surface area contributed by atoms with Gasteiger partial charge in [0, 0.05) is 29.4 Å². The monoisotopic (exact) mass is 345 g/mol. The van der Waals surface area contributed by atoms with Crippen LogP contribution in [0.3, 0.4) is 0 Å². The van der Waals surface area contributed by atoms with Gasteiger partial charge in [0.15, 0.2) is 5.65 Å². The van der Waals surface area contributed by atoms with Gasteiger partial charge in [0.25, 0.3) is 0 Å². The Hall–Kier alpha value is -2.10. The van der Waals surface area contributed by atoms with Crippen molar-refractivity contribution < 1.29 is 4.74 Å². The molecule has 24 heavy (non-hydrogen) atoms. The van der Waals surface area contributed by atoms with Crippen molar-refractivity contribution in [2.75, 3.05) is 38.2 Å². The third-order valence-corrected chi connectivity index (χ3v) is 5.22. The van der Waals surface area contributed by atoms with Gasteiger partial charge in [0.2, 0.25) is 0 Å². The summed E-state index contributed by atoms with van der Waals surface area (Å²) >= 11 is 1.85. The number of aromatic nitrogens is 5. The van der Waals surface area contributed by atoms with Crippen molar-refractivity contribution in [1.29, 1.82) is 0 Å². The summed E-state index contributed by atoms with van der Waals surface area (Å²) in [6.07, 6.45) is 0. The number of thiophene rings is 1. The van der Waals surface area contributed by atoms with Crippen LogP contribution < -0.4 is 5.32 Å². The van der Waals surface area contributed by atoms with Crippen LogP contribution in [0.25, 0.3) is 5.65 Å². The average molecular weight is 345 g/mol. The number of nitrogens with zero attached hydrogens (tertiary/aromatic N) is 6. The molecule has 0 spiro atoms. The molecule has 1 aliphatic rings. The lowest BCUT2D eigenvalue weighted by Crippen LogP contribution is -2.41. The van der Waals surface area contributed by atoms with Gasteiger partial charge in [-0.25, -0.2) is 0 Å². The van der Waals surface area contributed by atoms with E-state index in [1.165, 1.54) is 14.4 Å². The van der Waals surface area contributed by atoms with E-state index in [1.54, 1.807) is 0 Å². The summed E-state index contributed by atoms with van der Waals surface area (Å²) in [6, 6.07) is 8.47. The second-order valence-corrected chi connectivity index (χ2v) is 7.06. The molecular formula is C15H19N7OS. The molecule has 1 fully saturated rings. The minimum atomic E-state index is 0.305. The van der Waals surface area contributed by atoms with Crippen LogP contribution in [0.1, 0.15) is 15.8 Å². The smallest absolute Gasteiger partial charge is 0.200 e. The summed E-state index contributed by atoms with van der Waals surface area (Å²) in [6.45, 7) is 6.39. The van der Waals surface area contributed by atoms with Crippen LogP contribution in [0.15, 0.2) is 24.3 Å². The molecule has 1 saturated heterocycles. The predicted molar refractivity (Wildman–Crippen MR) is 91.3 cm³/mol. The third-order valence-electron chi connectivity index (χ3n) is 4.12. The molecule has 1 atom stereocenters. The number of fused-ring (bicyclic) bond motifs is 1. The number of anilines is 1. The first-order valence-electron chi connectivity index (χ1n) is 7.97. The van der Waals surface area contributed by atoms with E-state index in [0.29, 0.717) is 11.7 Å².